The number of likely N-dealkylation sites (tertiary alicyclic amines) is 1. The van der Waals surface area contributed by atoms with Crippen molar-refractivity contribution in [3.8, 4) is 11.5 Å². The second-order valence-corrected chi connectivity index (χ2v) is 8.86. The molecule has 3 heterocycles. The molecule has 0 aliphatic carbocycles. The fourth-order valence-corrected chi connectivity index (χ4v) is 4.68. The molecular weight excluding hydrogens is 421 g/mol. The zero-order chi connectivity index (χ0) is 22.8. The van der Waals surface area contributed by atoms with Crippen molar-refractivity contribution in [3.05, 3.63) is 59.5 Å². The summed E-state index contributed by atoms with van der Waals surface area (Å²) in [6.07, 6.45) is 2.69. The van der Waals surface area contributed by atoms with Crippen LogP contribution in [0.5, 0.6) is 11.5 Å². The maximum atomic E-state index is 14.9. The number of piperidine rings is 1. The molecule has 0 atom stereocenters. The van der Waals surface area contributed by atoms with Crippen molar-refractivity contribution < 1.29 is 18.7 Å². The van der Waals surface area contributed by atoms with Crippen LogP contribution in [0, 0.1) is 18.7 Å². The van der Waals surface area contributed by atoms with Gasteiger partial charge in [-0.05, 0) is 81.1 Å². The van der Waals surface area contributed by atoms with Crippen LogP contribution in [0.1, 0.15) is 24.1 Å². The highest BCUT2D eigenvalue weighted by molar-refractivity contribution is 5.95. The van der Waals surface area contributed by atoms with Crippen LogP contribution >= 0.6 is 0 Å². The zero-order valence-corrected chi connectivity index (χ0v) is 18.8. The van der Waals surface area contributed by atoms with Gasteiger partial charge in [0.2, 0.25) is 0 Å². The molecule has 1 fully saturated rings. The number of carbonyl (C=O) groups is 1. The first-order valence-electron chi connectivity index (χ1n) is 11.5. The largest absolute Gasteiger partial charge is 0.492 e. The van der Waals surface area contributed by atoms with E-state index in [9.17, 15) is 9.18 Å². The minimum atomic E-state index is -0.365. The fourth-order valence-electron chi connectivity index (χ4n) is 4.68. The number of rotatable bonds is 6. The van der Waals surface area contributed by atoms with Crippen LogP contribution in [0.4, 0.5) is 10.1 Å². The number of halogens is 1. The number of ether oxygens (including phenoxy) is 2. The summed E-state index contributed by atoms with van der Waals surface area (Å²) in [6.45, 7) is 5.34. The summed E-state index contributed by atoms with van der Waals surface area (Å²) in [4.78, 5) is 18.5. The van der Waals surface area contributed by atoms with Crippen molar-refractivity contribution in [2.24, 2.45) is 5.92 Å². The van der Waals surface area contributed by atoms with E-state index in [1.54, 1.807) is 12.1 Å². The summed E-state index contributed by atoms with van der Waals surface area (Å²) < 4.78 is 26.3. The van der Waals surface area contributed by atoms with Gasteiger partial charge >= 0.3 is 0 Å². The van der Waals surface area contributed by atoms with Gasteiger partial charge in [-0.1, -0.05) is 12.1 Å². The predicted octanol–water partition coefficient (Wildman–Crippen LogP) is 4.35. The molecule has 172 valence electrons. The fraction of sp³-hybridized carbons (Fsp3) is 0.385. The molecule has 1 aromatic heterocycles. The molecule has 0 unspecified atom stereocenters. The minimum Gasteiger partial charge on any atom is -0.492 e. The van der Waals surface area contributed by atoms with Crippen LogP contribution < -0.4 is 14.8 Å². The van der Waals surface area contributed by atoms with Crippen LogP contribution in [-0.4, -0.2) is 48.6 Å². The Labute approximate surface area is 192 Å². The van der Waals surface area contributed by atoms with Crippen molar-refractivity contribution in [1.29, 1.82) is 0 Å². The Morgan fingerprint density at radius 1 is 1.18 bits per heavy atom. The van der Waals surface area contributed by atoms with Gasteiger partial charge in [-0.25, -0.2) is 4.39 Å². The highest BCUT2D eigenvalue weighted by Gasteiger charge is 2.25. The van der Waals surface area contributed by atoms with Crippen LogP contribution in [0.25, 0.3) is 10.9 Å². The molecule has 0 bridgehead atoms. The van der Waals surface area contributed by atoms with Crippen molar-refractivity contribution in [3.63, 3.8) is 0 Å². The van der Waals surface area contributed by atoms with Crippen molar-refractivity contribution in [2.75, 3.05) is 38.2 Å². The number of anilines is 1. The molecular formula is C26H28FN3O3. The van der Waals surface area contributed by atoms with E-state index >= 15 is 0 Å². The van der Waals surface area contributed by atoms with Crippen LogP contribution in [-0.2, 0) is 11.2 Å². The number of hydrogen-bond donors (Lipinski definition) is 1. The Bertz CT molecular complexity index is 1170. The number of nitrogens with one attached hydrogen (secondary N) is 1. The Hall–Kier alpha value is -3.19. The normalized spacial score (nSPS) is 16.8. The van der Waals surface area contributed by atoms with Gasteiger partial charge in [0.25, 0.3) is 5.91 Å². The van der Waals surface area contributed by atoms with Crippen molar-refractivity contribution >= 4 is 22.5 Å². The Morgan fingerprint density at radius 3 is 2.88 bits per heavy atom. The predicted molar refractivity (Wildman–Crippen MR) is 125 cm³/mol. The Balaban J connectivity index is 1.12. The molecule has 2 aliphatic rings. The van der Waals surface area contributed by atoms with E-state index in [1.807, 2.05) is 31.2 Å². The van der Waals surface area contributed by atoms with Gasteiger partial charge in [0, 0.05) is 17.6 Å². The summed E-state index contributed by atoms with van der Waals surface area (Å²) in [7, 11) is 0. The summed E-state index contributed by atoms with van der Waals surface area (Å²) in [6, 6.07) is 13.6. The molecule has 3 aromatic rings. The maximum Gasteiger partial charge on any atom is 0.262 e. The Morgan fingerprint density at radius 2 is 2.03 bits per heavy atom. The average molecular weight is 450 g/mol. The van der Waals surface area contributed by atoms with Crippen LogP contribution in [0.2, 0.25) is 0 Å². The number of pyridine rings is 1. The summed E-state index contributed by atoms with van der Waals surface area (Å²) in [5, 5.41) is 3.64. The van der Waals surface area contributed by atoms with Crippen LogP contribution in [0.3, 0.4) is 0 Å². The number of fused-ring (bicyclic) bond motifs is 2. The standard InChI is InChI=1S/C26H28FN3O3/c1-17-5-7-20-21(28-17)3-2-4-22(20)32-14-13-30-11-9-18(10-12-30)15-19-6-8-23-26(25(19)27)29-24(31)16-33-23/h2-8,18H,9-16H2,1H3,(H,29,31). The van der Waals surface area contributed by atoms with Gasteiger partial charge in [-0.15, -0.1) is 0 Å². The van der Waals surface area contributed by atoms with Gasteiger partial charge in [0.15, 0.2) is 12.4 Å². The third-order valence-corrected chi connectivity index (χ3v) is 6.52. The number of aryl methyl sites for hydroxylation is 1. The average Bonchev–Trinajstić information content (AvgIpc) is 2.82. The number of amides is 1. The molecule has 2 aromatic carbocycles. The second kappa shape index (κ2) is 9.35. The number of carbonyl (C=O) groups excluding carboxylic acids is 1. The summed E-state index contributed by atoms with van der Waals surface area (Å²) in [5.74, 6) is 1.01. The van der Waals surface area contributed by atoms with Gasteiger partial charge in [-0.2, -0.15) is 0 Å². The monoisotopic (exact) mass is 449 g/mol. The zero-order valence-electron chi connectivity index (χ0n) is 18.8. The van der Waals surface area contributed by atoms with E-state index in [0.29, 0.717) is 30.3 Å². The SMILES string of the molecule is Cc1ccc2c(OCCN3CCC(Cc4ccc5c(c4F)NC(=O)CO5)CC3)cccc2n1. The lowest BCUT2D eigenvalue weighted by molar-refractivity contribution is -0.118. The molecule has 1 amide bonds. The van der Waals surface area contributed by atoms with E-state index in [1.165, 1.54) is 0 Å². The third-order valence-electron chi connectivity index (χ3n) is 6.52. The lowest BCUT2D eigenvalue weighted by Gasteiger charge is -2.32. The summed E-state index contributed by atoms with van der Waals surface area (Å²) in [5.41, 5.74) is 2.77. The first-order chi connectivity index (χ1) is 16.1. The van der Waals surface area contributed by atoms with Crippen molar-refractivity contribution in [2.45, 2.75) is 26.2 Å². The quantitative estimate of drug-likeness (QED) is 0.606. The summed E-state index contributed by atoms with van der Waals surface area (Å²) >= 11 is 0. The first-order valence-corrected chi connectivity index (χ1v) is 11.5. The van der Waals surface area contributed by atoms with Crippen molar-refractivity contribution in [1.82, 2.24) is 9.88 Å². The van der Waals surface area contributed by atoms with Crippen LogP contribution in [0.15, 0.2) is 42.5 Å². The number of aromatic nitrogens is 1. The van der Waals surface area contributed by atoms with E-state index in [4.69, 9.17) is 9.47 Å². The molecule has 0 saturated carbocycles. The van der Waals surface area contributed by atoms with Gasteiger partial charge in [-0.3, -0.25) is 14.7 Å². The molecule has 1 saturated heterocycles. The molecule has 0 spiro atoms. The minimum absolute atomic E-state index is 0.0645. The molecule has 7 heteroatoms. The highest BCUT2D eigenvalue weighted by Crippen LogP contribution is 2.34. The topological polar surface area (TPSA) is 63.7 Å². The maximum absolute atomic E-state index is 14.9. The smallest absolute Gasteiger partial charge is 0.262 e. The van der Waals surface area contributed by atoms with E-state index in [-0.39, 0.29) is 24.0 Å². The number of nitrogens with zero attached hydrogens (tertiary/aromatic N) is 2. The molecule has 0 radical (unpaired) electrons. The molecule has 1 N–H and O–H groups in total. The van der Waals surface area contributed by atoms with Gasteiger partial charge in [0.05, 0.1) is 5.52 Å². The Kier molecular flexibility index (Phi) is 6.13. The lowest BCUT2D eigenvalue weighted by atomic mass is 9.89. The third kappa shape index (κ3) is 4.78. The van der Waals surface area contributed by atoms with E-state index < -0.39 is 0 Å². The molecule has 5 rings (SSSR count). The molecule has 33 heavy (non-hydrogen) atoms. The number of hydrogen-bond acceptors (Lipinski definition) is 5. The number of benzene rings is 2. The second-order valence-electron chi connectivity index (χ2n) is 8.86. The molecule has 2 aliphatic heterocycles. The highest BCUT2D eigenvalue weighted by atomic mass is 19.1. The van der Waals surface area contributed by atoms with Gasteiger partial charge < -0.3 is 14.8 Å². The molecule has 6 nitrogen and oxygen atoms in total. The lowest BCUT2D eigenvalue weighted by Crippen LogP contribution is -2.37. The van der Waals surface area contributed by atoms with Gasteiger partial charge in [0.1, 0.15) is 23.8 Å². The first kappa shape index (κ1) is 21.6. The van der Waals surface area contributed by atoms with E-state index in [0.717, 1.165) is 54.8 Å². The van der Waals surface area contributed by atoms with E-state index in [2.05, 4.69) is 21.3 Å².